The molecule has 0 aliphatic heterocycles. The van der Waals surface area contributed by atoms with E-state index in [4.69, 9.17) is 14.7 Å². The van der Waals surface area contributed by atoms with Gasteiger partial charge in [0, 0.05) is 13.0 Å². The molecule has 1 aliphatic carbocycles. The summed E-state index contributed by atoms with van der Waals surface area (Å²) in [7, 11) is 0. The summed E-state index contributed by atoms with van der Waals surface area (Å²) in [6, 6.07) is -0.634. The summed E-state index contributed by atoms with van der Waals surface area (Å²) >= 11 is 0. The third kappa shape index (κ3) is 6.05. The minimum absolute atomic E-state index is 0.232. The summed E-state index contributed by atoms with van der Waals surface area (Å²) in [5.74, 6) is 1.41. The summed E-state index contributed by atoms with van der Waals surface area (Å²) in [6.07, 6.45) is 5.37. The molecule has 1 aromatic rings. The van der Waals surface area contributed by atoms with Crippen molar-refractivity contribution in [2.75, 3.05) is 6.54 Å². The fourth-order valence-electron chi connectivity index (χ4n) is 3.05. The van der Waals surface area contributed by atoms with E-state index in [-0.39, 0.29) is 12.4 Å². The molecular weight excluding hydrogens is 316 g/mol. The molecule has 1 unspecified atom stereocenters. The predicted octanol–water partition coefficient (Wildman–Crippen LogP) is 2.55. The fourth-order valence-corrected chi connectivity index (χ4v) is 3.05. The van der Waals surface area contributed by atoms with Gasteiger partial charge in [0.15, 0.2) is 5.82 Å². The van der Waals surface area contributed by atoms with E-state index in [0.717, 1.165) is 6.42 Å². The van der Waals surface area contributed by atoms with Gasteiger partial charge in [-0.3, -0.25) is 0 Å². The number of rotatable bonds is 8. The van der Waals surface area contributed by atoms with Crippen LogP contribution in [0.1, 0.15) is 62.7 Å². The van der Waals surface area contributed by atoms with Crippen LogP contribution < -0.4 is 10.6 Å². The number of carboxylic acid groups (broad SMARTS) is 2. The number of amides is 2. The number of hydrogen-bond acceptors (Lipinski definition) is 5. The maximum Gasteiger partial charge on any atom is 0.405 e. The van der Waals surface area contributed by atoms with Gasteiger partial charge in [0.25, 0.3) is 0 Å². The lowest BCUT2D eigenvalue weighted by molar-refractivity contribution is 0.183. The molecule has 4 N–H and O–H groups in total. The van der Waals surface area contributed by atoms with E-state index in [1.54, 1.807) is 0 Å². The van der Waals surface area contributed by atoms with E-state index in [1.165, 1.54) is 32.1 Å². The van der Waals surface area contributed by atoms with E-state index < -0.39 is 18.2 Å². The van der Waals surface area contributed by atoms with Crippen LogP contribution in [0.2, 0.25) is 0 Å². The molecular formula is C15H24N4O5. The minimum Gasteiger partial charge on any atom is -0.465 e. The van der Waals surface area contributed by atoms with Crippen LogP contribution in [0.3, 0.4) is 0 Å². The second kappa shape index (κ2) is 9.09. The zero-order chi connectivity index (χ0) is 17.4. The molecule has 9 nitrogen and oxygen atoms in total. The first-order valence-corrected chi connectivity index (χ1v) is 8.33. The molecule has 1 saturated carbocycles. The Morgan fingerprint density at radius 3 is 2.62 bits per heavy atom. The van der Waals surface area contributed by atoms with Crippen molar-refractivity contribution in [2.45, 2.75) is 57.4 Å². The number of carbonyl (C=O) groups is 2. The average Bonchev–Trinajstić information content (AvgIpc) is 2.99. The third-order valence-electron chi connectivity index (χ3n) is 4.22. The van der Waals surface area contributed by atoms with Crippen molar-refractivity contribution >= 4 is 12.2 Å². The molecule has 0 radical (unpaired) electrons. The van der Waals surface area contributed by atoms with Gasteiger partial charge in [0.2, 0.25) is 5.89 Å². The quantitative estimate of drug-likeness (QED) is 0.533. The van der Waals surface area contributed by atoms with E-state index in [0.29, 0.717) is 24.6 Å². The van der Waals surface area contributed by atoms with E-state index >= 15 is 0 Å². The van der Waals surface area contributed by atoms with Crippen molar-refractivity contribution in [3.8, 4) is 0 Å². The highest BCUT2D eigenvalue weighted by Gasteiger charge is 2.22. The zero-order valence-corrected chi connectivity index (χ0v) is 13.5. The van der Waals surface area contributed by atoms with E-state index in [9.17, 15) is 9.59 Å². The summed E-state index contributed by atoms with van der Waals surface area (Å²) in [5, 5.41) is 26.0. The molecule has 1 aromatic heterocycles. The SMILES string of the molecule is O=C(O)NCCCC(NC(=O)O)c1nc(CC2CCCCC2)no1. The minimum atomic E-state index is -1.18. The number of nitrogens with one attached hydrogen (secondary N) is 2. The maximum absolute atomic E-state index is 10.9. The van der Waals surface area contributed by atoms with Gasteiger partial charge >= 0.3 is 12.2 Å². The zero-order valence-electron chi connectivity index (χ0n) is 13.5. The molecule has 0 saturated heterocycles. The Hall–Kier alpha value is -2.32. The maximum atomic E-state index is 10.9. The Labute approximate surface area is 139 Å². The Bertz CT molecular complexity index is 542. The van der Waals surface area contributed by atoms with Crippen molar-refractivity contribution in [2.24, 2.45) is 5.92 Å². The van der Waals surface area contributed by atoms with Gasteiger partial charge in [-0.15, -0.1) is 0 Å². The van der Waals surface area contributed by atoms with Crippen molar-refractivity contribution in [1.29, 1.82) is 0 Å². The predicted molar refractivity (Wildman–Crippen MR) is 83.7 cm³/mol. The lowest BCUT2D eigenvalue weighted by Gasteiger charge is -2.19. The molecule has 1 aliphatic rings. The lowest BCUT2D eigenvalue weighted by atomic mass is 9.87. The topological polar surface area (TPSA) is 138 Å². The molecule has 24 heavy (non-hydrogen) atoms. The van der Waals surface area contributed by atoms with Crippen molar-refractivity contribution < 1.29 is 24.3 Å². The summed E-state index contributed by atoms with van der Waals surface area (Å²) in [6.45, 7) is 0.232. The summed E-state index contributed by atoms with van der Waals surface area (Å²) in [5.41, 5.74) is 0. The molecule has 0 spiro atoms. The second-order valence-corrected chi connectivity index (χ2v) is 6.13. The van der Waals surface area contributed by atoms with Crippen molar-refractivity contribution in [1.82, 2.24) is 20.8 Å². The first-order valence-electron chi connectivity index (χ1n) is 8.33. The van der Waals surface area contributed by atoms with Crippen LogP contribution in [0.15, 0.2) is 4.52 Å². The monoisotopic (exact) mass is 340 g/mol. The molecule has 0 aromatic carbocycles. The molecule has 134 valence electrons. The van der Waals surface area contributed by atoms with Crippen LogP contribution in [0.25, 0.3) is 0 Å². The average molecular weight is 340 g/mol. The Morgan fingerprint density at radius 1 is 1.21 bits per heavy atom. The Morgan fingerprint density at radius 2 is 1.96 bits per heavy atom. The van der Waals surface area contributed by atoms with E-state index in [1.807, 2.05) is 0 Å². The van der Waals surface area contributed by atoms with Gasteiger partial charge in [0.1, 0.15) is 6.04 Å². The molecule has 9 heteroatoms. The molecule has 2 amide bonds. The van der Waals surface area contributed by atoms with Gasteiger partial charge in [-0.25, -0.2) is 9.59 Å². The van der Waals surface area contributed by atoms with Crippen molar-refractivity contribution in [3.63, 3.8) is 0 Å². The standard InChI is InChI=1S/C15H24N4O5/c20-14(21)16-8-4-7-11(17-15(22)23)13-18-12(19-24-13)9-10-5-2-1-3-6-10/h10-11,16-17H,1-9H2,(H,20,21)(H,22,23). The lowest BCUT2D eigenvalue weighted by Crippen LogP contribution is -2.28. The van der Waals surface area contributed by atoms with Gasteiger partial charge in [-0.1, -0.05) is 37.3 Å². The Balaban J connectivity index is 1.90. The first-order chi connectivity index (χ1) is 11.5. The number of hydrogen-bond donors (Lipinski definition) is 4. The second-order valence-electron chi connectivity index (χ2n) is 6.13. The van der Waals surface area contributed by atoms with Crippen LogP contribution in [0, 0.1) is 5.92 Å². The first kappa shape index (κ1) is 18.0. The van der Waals surface area contributed by atoms with Crippen LogP contribution in [-0.2, 0) is 6.42 Å². The molecule has 0 bridgehead atoms. The van der Waals surface area contributed by atoms with E-state index in [2.05, 4.69) is 20.8 Å². The summed E-state index contributed by atoms with van der Waals surface area (Å²) in [4.78, 5) is 25.7. The molecule has 1 atom stereocenters. The molecule has 1 heterocycles. The Kier molecular flexibility index (Phi) is 6.83. The third-order valence-corrected chi connectivity index (χ3v) is 4.22. The molecule has 2 rings (SSSR count). The van der Waals surface area contributed by atoms with Crippen LogP contribution >= 0.6 is 0 Å². The molecule has 1 fully saturated rings. The highest BCUT2D eigenvalue weighted by atomic mass is 16.5. The van der Waals surface area contributed by atoms with Gasteiger partial charge < -0.3 is 25.4 Å². The van der Waals surface area contributed by atoms with Crippen molar-refractivity contribution in [3.05, 3.63) is 11.7 Å². The smallest absolute Gasteiger partial charge is 0.405 e. The number of aromatic nitrogens is 2. The fraction of sp³-hybridized carbons (Fsp3) is 0.733. The number of nitrogens with zero attached hydrogens (tertiary/aromatic N) is 2. The largest absolute Gasteiger partial charge is 0.465 e. The van der Waals surface area contributed by atoms with Gasteiger partial charge in [-0.05, 0) is 18.8 Å². The summed E-state index contributed by atoms with van der Waals surface area (Å²) < 4.78 is 5.22. The highest BCUT2D eigenvalue weighted by Crippen LogP contribution is 2.26. The normalized spacial score (nSPS) is 16.5. The van der Waals surface area contributed by atoms with Gasteiger partial charge in [-0.2, -0.15) is 4.98 Å². The van der Waals surface area contributed by atoms with Crippen LogP contribution in [0.5, 0.6) is 0 Å². The highest BCUT2D eigenvalue weighted by molar-refractivity contribution is 5.65. The van der Waals surface area contributed by atoms with Gasteiger partial charge in [0.05, 0.1) is 0 Å². The van der Waals surface area contributed by atoms with Crippen LogP contribution in [0.4, 0.5) is 9.59 Å². The van der Waals surface area contributed by atoms with Crippen LogP contribution in [-0.4, -0.2) is 39.1 Å².